The number of hydrogen-bond acceptors (Lipinski definition) is 4. The van der Waals surface area contributed by atoms with Gasteiger partial charge in [0, 0.05) is 19.1 Å². The fourth-order valence-electron chi connectivity index (χ4n) is 1.70. The second kappa shape index (κ2) is 5.75. The lowest BCUT2D eigenvalue weighted by molar-refractivity contribution is 0.294. The van der Waals surface area contributed by atoms with Gasteiger partial charge < -0.3 is 4.90 Å². The van der Waals surface area contributed by atoms with Crippen LogP contribution in [0.1, 0.15) is 27.7 Å². The molecule has 1 fully saturated rings. The highest BCUT2D eigenvalue weighted by molar-refractivity contribution is 8.25. The third-order valence-electron chi connectivity index (χ3n) is 2.55. The molecule has 1 saturated heterocycles. The fraction of sp³-hybridized carbons (Fsp3) is 0.800. The maximum absolute atomic E-state index is 11.6. The Morgan fingerprint density at radius 3 is 2.22 bits per heavy atom. The molecule has 8 heteroatoms. The van der Waals surface area contributed by atoms with E-state index >= 15 is 0 Å². The van der Waals surface area contributed by atoms with E-state index in [1.54, 1.807) is 0 Å². The van der Waals surface area contributed by atoms with Crippen molar-refractivity contribution in [1.29, 1.82) is 0 Å². The van der Waals surface area contributed by atoms with Crippen molar-refractivity contribution in [2.24, 2.45) is 4.99 Å². The number of thiocarbonyl (C=S) groups is 1. The van der Waals surface area contributed by atoms with E-state index in [4.69, 9.17) is 12.2 Å². The van der Waals surface area contributed by atoms with Crippen molar-refractivity contribution in [3.05, 3.63) is 0 Å². The molecule has 0 saturated carbocycles. The van der Waals surface area contributed by atoms with E-state index in [2.05, 4.69) is 4.99 Å². The largest absolute Gasteiger partial charge is 0.343 e. The molecule has 1 aliphatic rings. The van der Waals surface area contributed by atoms with Crippen LogP contribution in [0.3, 0.4) is 0 Å². The first kappa shape index (κ1) is 15.7. The van der Waals surface area contributed by atoms with E-state index in [1.165, 1.54) is 23.1 Å². The molecule has 0 amide bonds. The Morgan fingerprint density at radius 2 is 1.89 bits per heavy atom. The summed E-state index contributed by atoms with van der Waals surface area (Å²) >= 11 is 6.50. The molecule has 0 aromatic rings. The fourth-order valence-corrected chi connectivity index (χ4v) is 5.02. The Morgan fingerprint density at radius 1 is 1.39 bits per heavy atom. The standard InChI is InChI=1S/C10H19N3O2S3/c1-7(2)13(8(3)4)9(16)11-10-12(5)18(14,15)6-17-10/h7-8H,6H2,1-5H3/b11-10-. The molecule has 104 valence electrons. The Labute approximate surface area is 119 Å². The van der Waals surface area contributed by atoms with Gasteiger partial charge in [-0.15, -0.1) is 0 Å². The van der Waals surface area contributed by atoms with Gasteiger partial charge in [-0.05, 0) is 39.9 Å². The Hall–Kier alpha value is -0.340. The summed E-state index contributed by atoms with van der Waals surface area (Å²) in [7, 11) is -1.69. The zero-order chi connectivity index (χ0) is 14.1. The van der Waals surface area contributed by atoms with Crippen LogP contribution in [0.25, 0.3) is 0 Å². The molecule has 0 spiro atoms. The van der Waals surface area contributed by atoms with Gasteiger partial charge in [0.1, 0.15) is 5.08 Å². The van der Waals surface area contributed by atoms with Crippen LogP contribution in [0.15, 0.2) is 4.99 Å². The van der Waals surface area contributed by atoms with Gasteiger partial charge >= 0.3 is 0 Å². The first-order valence-corrected chi connectivity index (χ1v) is 8.67. The molecule has 0 aliphatic carbocycles. The minimum atomic E-state index is -3.20. The molecule has 0 radical (unpaired) electrons. The Balaban J connectivity index is 2.93. The normalized spacial score (nSPS) is 21.1. The van der Waals surface area contributed by atoms with Crippen LogP contribution < -0.4 is 0 Å². The summed E-state index contributed by atoms with van der Waals surface area (Å²) < 4.78 is 24.3. The SMILES string of the molecule is CC(C)N(C(=S)/N=C1\SCS(=O)(=O)N1C)C(C)C. The third-order valence-corrected chi connectivity index (χ3v) is 6.26. The summed E-state index contributed by atoms with van der Waals surface area (Å²) in [6, 6.07) is 0.463. The Kier molecular flexibility index (Phi) is 5.02. The van der Waals surface area contributed by atoms with Gasteiger partial charge in [-0.1, -0.05) is 11.8 Å². The number of sulfonamides is 1. The van der Waals surface area contributed by atoms with Gasteiger partial charge in [-0.2, -0.15) is 4.99 Å². The van der Waals surface area contributed by atoms with Crippen molar-refractivity contribution < 1.29 is 8.42 Å². The van der Waals surface area contributed by atoms with Gasteiger partial charge in [0.25, 0.3) is 0 Å². The van der Waals surface area contributed by atoms with Crippen LogP contribution in [-0.4, -0.2) is 52.1 Å². The molecule has 1 heterocycles. The summed E-state index contributed by atoms with van der Waals surface area (Å²) in [6.07, 6.45) is 0. The lowest BCUT2D eigenvalue weighted by Crippen LogP contribution is -2.41. The van der Waals surface area contributed by atoms with E-state index in [1.807, 2.05) is 32.6 Å². The second-order valence-electron chi connectivity index (χ2n) is 4.61. The van der Waals surface area contributed by atoms with Crippen molar-refractivity contribution in [3.8, 4) is 0 Å². The number of amidine groups is 1. The first-order valence-electron chi connectivity index (χ1n) is 5.67. The third kappa shape index (κ3) is 3.36. The maximum atomic E-state index is 11.6. The summed E-state index contributed by atoms with van der Waals surface area (Å²) in [4.78, 5) is 6.27. The molecular weight excluding hydrogens is 290 g/mol. The average molecular weight is 309 g/mol. The molecule has 0 atom stereocenters. The first-order chi connectivity index (χ1) is 8.16. The molecule has 0 unspecified atom stereocenters. The van der Waals surface area contributed by atoms with Gasteiger partial charge in [-0.25, -0.2) is 8.42 Å². The van der Waals surface area contributed by atoms with Gasteiger partial charge in [-0.3, -0.25) is 4.31 Å². The van der Waals surface area contributed by atoms with Crippen molar-refractivity contribution in [1.82, 2.24) is 9.21 Å². The van der Waals surface area contributed by atoms with Crippen molar-refractivity contribution >= 4 is 44.3 Å². The molecule has 0 aromatic heterocycles. The highest BCUT2D eigenvalue weighted by atomic mass is 32.3. The smallest absolute Gasteiger partial charge is 0.246 e. The van der Waals surface area contributed by atoms with E-state index in [0.717, 1.165) is 0 Å². The summed E-state index contributed by atoms with van der Waals surface area (Å²) in [6.45, 7) is 8.15. The predicted octanol–water partition coefficient (Wildman–Crippen LogP) is 1.71. The summed E-state index contributed by atoms with van der Waals surface area (Å²) in [5, 5.41) is 0.923. The number of rotatable bonds is 2. The van der Waals surface area contributed by atoms with E-state index in [9.17, 15) is 8.42 Å². The molecule has 0 aromatic carbocycles. The van der Waals surface area contributed by atoms with Gasteiger partial charge in [0.05, 0.1) is 0 Å². The zero-order valence-electron chi connectivity index (χ0n) is 11.2. The number of nitrogens with zero attached hydrogens (tertiary/aromatic N) is 3. The minimum Gasteiger partial charge on any atom is -0.343 e. The van der Waals surface area contributed by atoms with Crippen molar-refractivity contribution in [2.75, 3.05) is 12.1 Å². The van der Waals surface area contributed by atoms with Crippen LogP contribution in [0.5, 0.6) is 0 Å². The highest BCUT2D eigenvalue weighted by Gasteiger charge is 2.31. The van der Waals surface area contributed by atoms with Crippen LogP contribution in [0.4, 0.5) is 0 Å². The minimum absolute atomic E-state index is 0.0360. The summed E-state index contributed by atoms with van der Waals surface area (Å²) in [5.41, 5.74) is 0. The summed E-state index contributed by atoms with van der Waals surface area (Å²) in [5.74, 6) is 0. The zero-order valence-corrected chi connectivity index (χ0v) is 13.7. The van der Waals surface area contributed by atoms with E-state index < -0.39 is 10.0 Å². The number of thioether (sulfide) groups is 1. The predicted molar refractivity (Wildman–Crippen MR) is 81.3 cm³/mol. The van der Waals surface area contributed by atoms with Crippen LogP contribution in [0.2, 0.25) is 0 Å². The maximum Gasteiger partial charge on any atom is 0.246 e. The highest BCUT2D eigenvalue weighted by Crippen LogP contribution is 2.24. The second-order valence-corrected chi connectivity index (χ2v) is 8.29. The van der Waals surface area contributed by atoms with Gasteiger partial charge in [0.15, 0.2) is 10.3 Å². The lowest BCUT2D eigenvalue weighted by atomic mass is 10.2. The van der Waals surface area contributed by atoms with E-state index in [0.29, 0.717) is 10.3 Å². The molecule has 5 nitrogen and oxygen atoms in total. The van der Waals surface area contributed by atoms with Crippen LogP contribution in [-0.2, 0) is 10.0 Å². The van der Waals surface area contributed by atoms with Crippen molar-refractivity contribution in [2.45, 2.75) is 39.8 Å². The van der Waals surface area contributed by atoms with Gasteiger partial charge in [0.2, 0.25) is 10.0 Å². The lowest BCUT2D eigenvalue weighted by Gasteiger charge is -2.31. The molecule has 1 aliphatic heterocycles. The monoisotopic (exact) mass is 309 g/mol. The van der Waals surface area contributed by atoms with Crippen molar-refractivity contribution in [3.63, 3.8) is 0 Å². The molecule has 0 bridgehead atoms. The quantitative estimate of drug-likeness (QED) is 0.727. The molecule has 1 rings (SSSR count). The topological polar surface area (TPSA) is 53.0 Å². The van der Waals surface area contributed by atoms with E-state index in [-0.39, 0.29) is 17.2 Å². The molecule has 0 N–H and O–H groups in total. The Bertz CT molecular complexity index is 449. The van der Waals surface area contributed by atoms with Crippen LogP contribution >= 0.6 is 24.0 Å². The molecule has 18 heavy (non-hydrogen) atoms. The van der Waals surface area contributed by atoms with Crippen LogP contribution in [0, 0.1) is 0 Å². The number of aliphatic imine (C=N–C) groups is 1. The average Bonchev–Trinajstić information content (AvgIpc) is 2.44. The molecular formula is C10H19N3O2S3. The number of hydrogen-bond donors (Lipinski definition) is 0.